The summed E-state index contributed by atoms with van der Waals surface area (Å²) in [5.41, 5.74) is 1.45. The van der Waals surface area contributed by atoms with Gasteiger partial charge in [-0.3, -0.25) is 4.55 Å². The number of rotatable bonds is 4. The van der Waals surface area contributed by atoms with Crippen LogP contribution in [0, 0.1) is 20.8 Å². The van der Waals surface area contributed by atoms with E-state index in [0.717, 1.165) is 11.6 Å². The van der Waals surface area contributed by atoms with Gasteiger partial charge in [-0.15, -0.1) is 0 Å². The molecular formula is C15H16O6S2. The second-order valence-corrected chi connectivity index (χ2v) is 8.07. The zero-order valence-corrected chi connectivity index (χ0v) is 14.4. The first-order valence-corrected chi connectivity index (χ1v) is 9.46. The molecule has 0 aliphatic rings. The topological polar surface area (TPSA) is 97.7 Å². The maximum atomic E-state index is 12.3. The summed E-state index contributed by atoms with van der Waals surface area (Å²) in [4.78, 5) is -0.283. The van der Waals surface area contributed by atoms with Gasteiger partial charge in [0.25, 0.3) is 10.1 Å². The molecule has 23 heavy (non-hydrogen) atoms. The molecule has 6 nitrogen and oxygen atoms in total. The van der Waals surface area contributed by atoms with Gasteiger partial charge in [-0.2, -0.15) is 16.8 Å². The van der Waals surface area contributed by atoms with E-state index in [4.69, 9.17) is 8.74 Å². The molecule has 0 heterocycles. The number of aryl methyl sites for hydroxylation is 1. The van der Waals surface area contributed by atoms with Gasteiger partial charge in [0.05, 0.1) is 4.90 Å². The highest BCUT2D eigenvalue weighted by molar-refractivity contribution is 7.87. The molecule has 8 heteroatoms. The average Bonchev–Trinajstić information content (AvgIpc) is 2.43. The molecule has 124 valence electrons. The lowest BCUT2D eigenvalue weighted by Crippen LogP contribution is -2.11. The van der Waals surface area contributed by atoms with Crippen LogP contribution in [0.3, 0.4) is 0 Å². The molecule has 0 fully saturated rings. The predicted octanol–water partition coefficient (Wildman–Crippen LogP) is 2.63. The minimum atomic E-state index is -4.38. The zero-order valence-electron chi connectivity index (χ0n) is 12.8. The summed E-state index contributed by atoms with van der Waals surface area (Å²) in [5.74, 6) is 0.00970. The lowest BCUT2D eigenvalue weighted by molar-refractivity contribution is 0.480. The van der Waals surface area contributed by atoms with Gasteiger partial charge in [0.15, 0.2) is 0 Å². The Kier molecular flexibility index (Phi) is 4.52. The fourth-order valence-electron chi connectivity index (χ4n) is 2.01. The molecule has 0 aliphatic heterocycles. The molecule has 0 radical (unpaired) electrons. The van der Waals surface area contributed by atoms with Crippen molar-refractivity contribution >= 4 is 20.2 Å². The Morgan fingerprint density at radius 2 is 1.39 bits per heavy atom. The van der Waals surface area contributed by atoms with E-state index < -0.39 is 20.2 Å². The molecule has 0 spiro atoms. The van der Waals surface area contributed by atoms with Crippen LogP contribution in [0.25, 0.3) is 0 Å². The van der Waals surface area contributed by atoms with Gasteiger partial charge in [0.2, 0.25) is 0 Å². The Labute approximate surface area is 135 Å². The number of hydrogen-bond donors (Lipinski definition) is 1. The first-order chi connectivity index (χ1) is 10.5. The molecule has 0 aromatic heterocycles. The standard InChI is InChI=1S/C15H16O6S2/c1-10-4-6-13(7-5-10)23(19,20)21-14-8-9-15(22(16,17)18)12(3)11(14)2/h4-9H,1-3H3,(H,16,17,18). The van der Waals surface area contributed by atoms with Crippen LogP contribution in [0.1, 0.15) is 16.7 Å². The van der Waals surface area contributed by atoms with Crippen LogP contribution in [-0.2, 0) is 20.2 Å². The summed E-state index contributed by atoms with van der Waals surface area (Å²) in [5, 5.41) is 0. The Morgan fingerprint density at radius 1 is 0.826 bits per heavy atom. The largest absolute Gasteiger partial charge is 0.379 e. The second kappa shape index (κ2) is 5.95. The van der Waals surface area contributed by atoms with Crippen molar-refractivity contribution in [2.45, 2.75) is 30.6 Å². The molecule has 0 unspecified atom stereocenters. The van der Waals surface area contributed by atoms with Crippen LogP contribution >= 0.6 is 0 Å². The minimum absolute atomic E-state index is 0.000917. The lowest BCUT2D eigenvalue weighted by atomic mass is 10.1. The molecular weight excluding hydrogens is 340 g/mol. The fraction of sp³-hybridized carbons (Fsp3) is 0.200. The Balaban J connectivity index is 2.45. The highest BCUT2D eigenvalue weighted by atomic mass is 32.2. The van der Waals surface area contributed by atoms with Crippen LogP contribution in [0.4, 0.5) is 0 Å². The molecule has 0 atom stereocenters. The van der Waals surface area contributed by atoms with Gasteiger partial charge in [0, 0.05) is 0 Å². The quantitative estimate of drug-likeness (QED) is 0.668. The Hall–Kier alpha value is -1.90. The van der Waals surface area contributed by atoms with Crippen LogP contribution in [-0.4, -0.2) is 21.4 Å². The Morgan fingerprint density at radius 3 is 1.91 bits per heavy atom. The van der Waals surface area contributed by atoms with Crippen molar-refractivity contribution in [3.05, 3.63) is 53.1 Å². The van der Waals surface area contributed by atoms with Crippen LogP contribution in [0.15, 0.2) is 46.2 Å². The van der Waals surface area contributed by atoms with E-state index in [1.54, 1.807) is 12.1 Å². The lowest BCUT2D eigenvalue weighted by Gasteiger charge is -2.13. The average molecular weight is 356 g/mol. The first kappa shape index (κ1) is 17.5. The number of benzene rings is 2. The normalized spacial score (nSPS) is 12.2. The first-order valence-electron chi connectivity index (χ1n) is 6.61. The molecule has 0 bridgehead atoms. The highest BCUT2D eigenvalue weighted by Crippen LogP contribution is 2.29. The van der Waals surface area contributed by atoms with Crippen molar-refractivity contribution in [1.82, 2.24) is 0 Å². The fourth-order valence-corrected chi connectivity index (χ4v) is 3.77. The molecule has 2 aromatic carbocycles. The molecule has 0 saturated carbocycles. The summed E-state index contributed by atoms with van der Waals surface area (Å²) in [6.45, 7) is 4.81. The van der Waals surface area contributed by atoms with E-state index in [-0.39, 0.29) is 21.1 Å². The summed E-state index contributed by atoms with van der Waals surface area (Å²) in [6, 6.07) is 8.47. The van der Waals surface area contributed by atoms with E-state index in [1.807, 2.05) is 6.92 Å². The van der Waals surface area contributed by atoms with Crippen molar-refractivity contribution in [3.63, 3.8) is 0 Å². The maximum Gasteiger partial charge on any atom is 0.339 e. The van der Waals surface area contributed by atoms with Gasteiger partial charge in [-0.25, -0.2) is 0 Å². The highest BCUT2D eigenvalue weighted by Gasteiger charge is 2.21. The summed E-state index contributed by atoms with van der Waals surface area (Å²) in [7, 11) is -8.41. The minimum Gasteiger partial charge on any atom is -0.379 e. The molecule has 0 saturated heterocycles. The molecule has 2 aromatic rings. The van der Waals surface area contributed by atoms with Crippen LogP contribution in [0.2, 0.25) is 0 Å². The Bertz CT molecular complexity index is 942. The van der Waals surface area contributed by atoms with Crippen molar-refractivity contribution < 1.29 is 25.6 Å². The van der Waals surface area contributed by atoms with E-state index in [9.17, 15) is 16.8 Å². The van der Waals surface area contributed by atoms with Crippen molar-refractivity contribution in [1.29, 1.82) is 0 Å². The van der Waals surface area contributed by atoms with Gasteiger partial charge in [0.1, 0.15) is 10.6 Å². The molecule has 2 rings (SSSR count). The smallest absolute Gasteiger partial charge is 0.339 e. The van der Waals surface area contributed by atoms with Crippen LogP contribution in [0.5, 0.6) is 5.75 Å². The third kappa shape index (κ3) is 3.72. The molecule has 1 N–H and O–H groups in total. The predicted molar refractivity (Wildman–Crippen MR) is 84.7 cm³/mol. The summed E-state index contributed by atoms with van der Waals surface area (Å²) < 4.78 is 61.3. The van der Waals surface area contributed by atoms with E-state index in [2.05, 4.69) is 0 Å². The second-order valence-electron chi connectivity index (χ2n) is 5.14. The van der Waals surface area contributed by atoms with Gasteiger partial charge in [-0.1, -0.05) is 17.7 Å². The third-order valence-electron chi connectivity index (χ3n) is 3.47. The van der Waals surface area contributed by atoms with Crippen molar-refractivity contribution in [2.75, 3.05) is 0 Å². The summed E-state index contributed by atoms with van der Waals surface area (Å²) >= 11 is 0. The van der Waals surface area contributed by atoms with E-state index in [1.165, 1.54) is 32.0 Å². The van der Waals surface area contributed by atoms with Crippen molar-refractivity contribution in [2.24, 2.45) is 0 Å². The van der Waals surface area contributed by atoms with E-state index >= 15 is 0 Å². The summed E-state index contributed by atoms with van der Waals surface area (Å²) in [6.07, 6.45) is 0. The van der Waals surface area contributed by atoms with Gasteiger partial charge < -0.3 is 4.18 Å². The SMILES string of the molecule is Cc1ccc(S(=O)(=O)Oc2ccc(S(=O)(=O)O)c(C)c2C)cc1. The number of hydrogen-bond acceptors (Lipinski definition) is 5. The third-order valence-corrected chi connectivity index (χ3v) is 5.72. The van der Waals surface area contributed by atoms with Crippen LogP contribution < -0.4 is 4.18 Å². The molecule has 0 amide bonds. The van der Waals surface area contributed by atoms with E-state index in [0.29, 0.717) is 5.56 Å². The van der Waals surface area contributed by atoms with Gasteiger partial charge in [-0.05, 0) is 56.2 Å². The van der Waals surface area contributed by atoms with Gasteiger partial charge >= 0.3 is 10.1 Å². The maximum absolute atomic E-state index is 12.3. The van der Waals surface area contributed by atoms with Crippen molar-refractivity contribution in [3.8, 4) is 5.75 Å². The monoisotopic (exact) mass is 356 g/mol. The molecule has 0 aliphatic carbocycles. The zero-order chi connectivity index (χ0) is 17.4.